The van der Waals surface area contributed by atoms with Gasteiger partial charge in [0.15, 0.2) is 0 Å². The first-order valence-corrected chi connectivity index (χ1v) is 3.59. The molecular formula is C9H7NO3. The second-order valence-corrected chi connectivity index (χ2v) is 2.35. The van der Waals surface area contributed by atoms with Crippen LogP contribution in [0.2, 0.25) is 0 Å². The molecule has 0 atom stereocenters. The lowest BCUT2D eigenvalue weighted by Crippen LogP contribution is -1.98. The molecule has 0 radical (unpaired) electrons. The van der Waals surface area contributed by atoms with Crippen LogP contribution in [0.3, 0.4) is 0 Å². The van der Waals surface area contributed by atoms with Gasteiger partial charge in [0.2, 0.25) is 6.08 Å². The highest BCUT2D eigenvalue weighted by Gasteiger charge is 2.11. The van der Waals surface area contributed by atoms with Crippen LogP contribution in [0.15, 0.2) is 34.2 Å². The van der Waals surface area contributed by atoms with Crippen molar-refractivity contribution < 1.29 is 14.3 Å². The molecule has 1 aliphatic rings. The highest BCUT2D eigenvalue weighted by Crippen LogP contribution is 2.22. The highest BCUT2D eigenvalue weighted by atomic mass is 16.5. The topological polar surface area (TPSA) is 55.7 Å². The molecule has 1 aliphatic carbocycles. The van der Waals surface area contributed by atoms with E-state index in [4.69, 9.17) is 4.74 Å². The number of nitrogens with zero attached hydrogens (tertiary/aromatic N) is 1. The number of allylic oxidation sites excluding steroid dienone is 3. The Morgan fingerprint density at radius 2 is 2.23 bits per heavy atom. The number of hydrogen-bond donors (Lipinski definition) is 0. The van der Waals surface area contributed by atoms with Crippen molar-refractivity contribution in [2.75, 3.05) is 7.11 Å². The van der Waals surface area contributed by atoms with Gasteiger partial charge in [0, 0.05) is 12.0 Å². The van der Waals surface area contributed by atoms with E-state index in [1.54, 1.807) is 12.0 Å². The van der Waals surface area contributed by atoms with Crippen molar-refractivity contribution in [2.45, 2.75) is 6.42 Å². The third-order valence-electron chi connectivity index (χ3n) is 1.62. The number of hydrogen-bond acceptors (Lipinski definition) is 4. The molecule has 0 aromatic rings. The van der Waals surface area contributed by atoms with Gasteiger partial charge in [-0.05, 0) is 12.2 Å². The molecule has 0 spiro atoms. The maximum atomic E-state index is 10.3. The molecule has 0 fully saturated rings. The van der Waals surface area contributed by atoms with Crippen molar-refractivity contribution in [3.05, 3.63) is 29.2 Å². The van der Waals surface area contributed by atoms with Crippen LogP contribution in [0.4, 0.5) is 0 Å². The molecule has 13 heavy (non-hydrogen) atoms. The summed E-state index contributed by atoms with van der Waals surface area (Å²) in [7, 11) is 1.46. The molecule has 0 unspecified atom stereocenters. The third-order valence-corrected chi connectivity index (χ3v) is 1.62. The molecule has 0 saturated carbocycles. The average molecular weight is 177 g/mol. The van der Waals surface area contributed by atoms with Gasteiger partial charge in [-0.15, -0.1) is 0 Å². The summed E-state index contributed by atoms with van der Waals surface area (Å²) in [6.07, 6.45) is 4.80. The standard InChI is InChI=1S/C9H7NO3/c1-13-9-4-7(5-11)2-3-8(9)10-6-12/h2-3H,4H2,1H3. The minimum Gasteiger partial charge on any atom is -0.498 e. The number of methoxy groups -OCH3 is 1. The summed E-state index contributed by atoms with van der Waals surface area (Å²) in [4.78, 5) is 23.7. The average Bonchev–Trinajstić information content (AvgIpc) is 2.19. The second-order valence-electron chi connectivity index (χ2n) is 2.35. The zero-order valence-corrected chi connectivity index (χ0v) is 7.03. The van der Waals surface area contributed by atoms with Crippen molar-refractivity contribution in [1.82, 2.24) is 0 Å². The second kappa shape index (κ2) is 4.21. The number of isocyanates is 1. The Morgan fingerprint density at radius 3 is 2.77 bits per heavy atom. The molecule has 0 bridgehead atoms. The lowest BCUT2D eigenvalue weighted by atomic mass is 10.1. The Hall–Kier alpha value is -1.89. The van der Waals surface area contributed by atoms with E-state index in [1.807, 2.05) is 0 Å². The molecule has 1 rings (SSSR count). The van der Waals surface area contributed by atoms with Gasteiger partial charge in [-0.3, -0.25) is 0 Å². The van der Waals surface area contributed by atoms with Gasteiger partial charge in [-0.2, -0.15) is 4.99 Å². The van der Waals surface area contributed by atoms with Crippen LogP contribution in [0.1, 0.15) is 6.42 Å². The number of ether oxygens (including phenoxy) is 1. The van der Waals surface area contributed by atoms with E-state index < -0.39 is 0 Å². The summed E-state index contributed by atoms with van der Waals surface area (Å²) in [6, 6.07) is 0. The molecular weight excluding hydrogens is 170 g/mol. The van der Waals surface area contributed by atoms with Gasteiger partial charge in [0.1, 0.15) is 17.4 Å². The Kier molecular flexibility index (Phi) is 2.98. The Morgan fingerprint density at radius 1 is 1.46 bits per heavy atom. The fourth-order valence-corrected chi connectivity index (χ4v) is 0.991. The lowest BCUT2D eigenvalue weighted by molar-refractivity contribution is 0.279. The molecule has 0 saturated heterocycles. The van der Waals surface area contributed by atoms with E-state index >= 15 is 0 Å². The maximum absolute atomic E-state index is 10.3. The largest absolute Gasteiger partial charge is 0.498 e. The van der Waals surface area contributed by atoms with Gasteiger partial charge < -0.3 is 4.74 Å². The van der Waals surface area contributed by atoms with E-state index in [9.17, 15) is 9.59 Å². The summed E-state index contributed by atoms with van der Waals surface area (Å²) in [5, 5.41) is 0. The highest BCUT2D eigenvalue weighted by molar-refractivity contribution is 5.61. The summed E-state index contributed by atoms with van der Waals surface area (Å²) in [6.45, 7) is 0. The minimum absolute atomic E-state index is 0.316. The summed E-state index contributed by atoms with van der Waals surface area (Å²) < 4.78 is 4.94. The van der Waals surface area contributed by atoms with E-state index in [-0.39, 0.29) is 0 Å². The monoisotopic (exact) mass is 177 g/mol. The first-order chi connectivity index (χ1) is 6.31. The smallest absolute Gasteiger partial charge is 0.240 e. The number of rotatable bonds is 2. The molecule has 0 amide bonds. The molecule has 0 N–H and O–H groups in total. The Labute approximate surface area is 74.9 Å². The predicted molar refractivity (Wildman–Crippen MR) is 45.1 cm³/mol. The number of aliphatic imine (C=N–C) groups is 1. The normalized spacial score (nSPS) is 15.0. The molecule has 0 heterocycles. The van der Waals surface area contributed by atoms with Crippen LogP contribution in [0.5, 0.6) is 0 Å². The molecule has 4 nitrogen and oxygen atoms in total. The van der Waals surface area contributed by atoms with Crippen molar-refractivity contribution in [2.24, 2.45) is 4.99 Å². The summed E-state index contributed by atoms with van der Waals surface area (Å²) in [5.74, 6) is 2.23. The van der Waals surface area contributed by atoms with Crippen LogP contribution in [0.25, 0.3) is 0 Å². The molecule has 66 valence electrons. The fourth-order valence-electron chi connectivity index (χ4n) is 0.991. The zero-order chi connectivity index (χ0) is 9.68. The van der Waals surface area contributed by atoms with Gasteiger partial charge in [0.25, 0.3) is 0 Å². The lowest BCUT2D eigenvalue weighted by Gasteiger charge is -2.10. The van der Waals surface area contributed by atoms with Crippen LogP contribution >= 0.6 is 0 Å². The first kappa shape index (κ1) is 9.20. The Balaban J connectivity index is 3.06. The molecule has 0 aliphatic heterocycles. The third kappa shape index (κ3) is 2.03. The van der Waals surface area contributed by atoms with Gasteiger partial charge in [0.05, 0.1) is 7.11 Å². The van der Waals surface area contributed by atoms with Crippen molar-refractivity contribution in [1.29, 1.82) is 0 Å². The van der Waals surface area contributed by atoms with Crippen molar-refractivity contribution in [3.63, 3.8) is 0 Å². The minimum atomic E-state index is 0.316. The van der Waals surface area contributed by atoms with Gasteiger partial charge in [-0.1, -0.05) is 0 Å². The van der Waals surface area contributed by atoms with Crippen LogP contribution in [-0.4, -0.2) is 19.1 Å². The van der Waals surface area contributed by atoms with E-state index in [0.717, 1.165) is 0 Å². The summed E-state index contributed by atoms with van der Waals surface area (Å²) in [5.41, 5.74) is 0.873. The fraction of sp³-hybridized carbons (Fsp3) is 0.222. The van der Waals surface area contributed by atoms with Crippen molar-refractivity contribution >= 4 is 12.0 Å². The van der Waals surface area contributed by atoms with Crippen LogP contribution in [0, 0.1) is 0 Å². The first-order valence-electron chi connectivity index (χ1n) is 3.59. The van der Waals surface area contributed by atoms with Crippen LogP contribution in [-0.2, 0) is 14.3 Å². The molecule has 0 aromatic carbocycles. The molecule has 0 aromatic heterocycles. The van der Waals surface area contributed by atoms with Crippen LogP contribution < -0.4 is 0 Å². The Bertz CT molecular complexity index is 366. The summed E-state index contributed by atoms with van der Waals surface area (Å²) >= 11 is 0. The zero-order valence-electron chi connectivity index (χ0n) is 7.03. The maximum Gasteiger partial charge on any atom is 0.240 e. The van der Waals surface area contributed by atoms with Gasteiger partial charge >= 0.3 is 0 Å². The van der Waals surface area contributed by atoms with E-state index in [0.29, 0.717) is 23.5 Å². The molecule has 4 heteroatoms. The van der Waals surface area contributed by atoms with Gasteiger partial charge in [-0.25, -0.2) is 9.59 Å². The van der Waals surface area contributed by atoms with E-state index in [2.05, 4.69) is 4.99 Å². The SMILES string of the molecule is COC1=C(N=C=O)C=CC(=C=O)C1. The van der Waals surface area contributed by atoms with E-state index in [1.165, 1.54) is 19.3 Å². The quantitative estimate of drug-likeness (QED) is 0.357. The predicted octanol–water partition coefficient (Wildman–Crippen LogP) is 0.898. The van der Waals surface area contributed by atoms with Crippen molar-refractivity contribution in [3.8, 4) is 0 Å². The number of carbonyl (C=O) groups excluding carboxylic acids is 2.